The van der Waals surface area contributed by atoms with Crippen LogP contribution in [0.5, 0.6) is 0 Å². The lowest BCUT2D eigenvalue weighted by Crippen LogP contribution is -2.48. The minimum Gasteiger partial charge on any atom is -0.336 e. The number of fused-ring (bicyclic) bond motifs is 3. The molecule has 2 aliphatic rings. The highest BCUT2D eigenvalue weighted by atomic mass is 16.2. The molecule has 3 aromatic rings. The Morgan fingerprint density at radius 1 is 1.06 bits per heavy atom. The summed E-state index contributed by atoms with van der Waals surface area (Å²) in [5.41, 5.74) is 4.60. The Morgan fingerprint density at radius 3 is 2.58 bits per heavy atom. The van der Waals surface area contributed by atoms with Gasteiger partial charge in [0, 0.05) is 54.8 Å². The van der Waals surface area contributed by atoms with Crippen LogP contribution in [-0.4, -0.2) is 64.3 Å². The van der Waals surface area contributed by atoms with Gasteiger partial charge in [-0.3, -0.25) is 9.59 Å². The van der Waals surface area contributed by atoms with Crippen LogP contribution < -0.4 is 10.6 Å². The van der Waals surface area contributed by atoms with Gasteiger partial charge in [-0.2, -0.15) is 0 Å². The zero-order chi connectivity index (χ0) is 22.8. The molecular formula is C25H26N6O2. The summed E-state index contributed by atoms with van der Waals surface area (Å²) in [7, 11) is 0. The third kappa shape index (κ3) is 4.42. The van der Waals surface area contributed by atoms with Gasteiger partial charge in [-0.05, 0) is 36.9 Å². The lowest BCUT2D eigenvalue weighted by molar-refractivity contribution is -0.115. The number of nitrogens with zero attached hydrogens (tertiary/aromatic N) is 4. The molecule has 0 unspecified atom stereocenters. The molecule has 2 N–H and O–H groups in total. The largest absolute Gasteiger partial charge is 0.336 e. The molecule has 1 fully saturated rings. The Balaban J connectivity index is 1.32. The Kier molecular flexibility index (Phi) is 5.75. The SMILES string of the molecule is CCN1CCN(C(=O)c2ccc(Nc3ncc4c(n3)-c3ccccc3NC(=O)C4)cc2)CC1. The predicted octanol–water partition coefficient (Wildman–Crippen LogP) is 3.16. The average molecular weight is 443 g/mol. The summed E-state index contributed by atoms with van der Waals surface area (Å²) in [5.74, 6) is 0.418. The summed E-state index contributed by atoms with van der Waals surface area (Å²) in [6.07, 6.45) is 1.92. The zero-order valence-electron chi connectivity index (χ0n) is 18.5. The van der Waals surface area contributed by atoms with Gasteiger partial charge in [0.25, 0.3) is 5.91 Å². The topological polar surface area (TPSA) is 90.5 Å². The Hall–Kier alpha value is -3.78. The second kappa shape index (κ2) is 8.99. The Morgan fingerprint density at radius 2 is 1.82 bits per heavy atom. The van der Waals surface area contributed by atoms with Gasteiger partial charge in [0.2, 0.25) is 11.9 Å². The van der Waals surface area contributed by atoms with Crippen LogP contribution in [0.25, 0.3) is 11.3 Å². The third-order valence-electron chi connectivity index (χ3n) is 6.17. The first-order valence-corrected chi connectivity index (χ1v) is 11.2. The molecule has 8 nitrogen and oxygen atoms in total. The first-order valence-electron chi connectivity index (χ1n) is 11.2. The van der Waals surface area contributed by atoms with Crippen molar-refractivity contribution < 1.29 is 9.59 Å². The number of carbonyl (C=O) groups excluding carboxylic acids is 2. The maximum absolute atomic E-state index is 12.8. The van der Waals surface area contributed by atoms with E-state index in [1.54, 1.807) is 6.20 Å². The van der Waals surface area contributed by atoms with Crippen LogP contribution >= 0.6 is 0 Å². The third-order valence-corrected chi connectivity index (χ3v) is 6.17. The highest BCUT2D eigenvalue weighted by Crippen LogP contribution is 2.32. The molecule has 0 saturated carbocycles. The minimum absolute atomic E-state index is 0.0624. The summed E-state index contributed by atoms with van der Waals surface area (Å²) < 4.78 is 0. The van der Waals surface area contributed by atoms with Crippen molar-refractivity contribution in [2.45, 2.75) is 13.3 Å². The predicted molar refractivity (Wildman–Crippen MR) is 128 cm³/mol. The first kappa shape index (κ1) is 21.1. The number of nitrogens with one attached hydrogen (secondary N) is 2. The van der Waals surface area contributed by atoms with E-state index in [0.717, 1.165) is 60.9 Å². The van der Waals surface area contributed by atoms with Crippen molar-refractivity contribution in [3.63, 3.8) is 0 Å². The van der Waals surface area contributed by atoms with E-state index in [0.29, 0.717) is 11.5 Å². The molecule has 0 spiro atoms. The number of benzene rings is 2. The van der Waals surface area contributed by atoms with Crippen molar-refractivity contribution in [3.05, 3.63) is 65.9 Å². The Labute approximate surface area is 192 Å². The fourth-order valence-corrected chi connectivity index (χ4v) is 4.27. The van der Waals surface area contributed by atoms with Crippen molar-refractivity contribution >= 4 is 29.1 Å². The number of amides is 2. The summed E-state index contributed by atoms with van der Waals surface area (Å²) >= 11 is 0. The van der Waals surface area contributed by atoms with E-state index in [1.807, 2.05) is 53.4 Å². The summed E-state index contributed by atoms with van der Waals surface area (Å²) in [5, 5.41) is 6.14. The number of hydrogen-bond acceptors (Lipinski definition) is 6. The number of para-hydroxylation sites is 1. The number of aromatic nitrogens is 2. The smallest absolute Gasteiger partial charge is 0.253 e. The minimum atomic E-state index is -0.0816. The highest BCUT2D eigenvalue weighted by Gasteiger charge is 2.22. The molecule has 0 atom stereocenters. The second-order valence-electron chi connectivity index (χ2n) is 8.27. The standard InChI is InChI=1S/C25H26N6O2/c1-2-30-11-13-31(14-12-30)24(33)17-7-9-19(10-8-17)27-25-26-16-18-15-22(32)28-21-6-4-3-5-20(21)23(18)29-25/h3-10,16H,2,11-15H2,1H3,(H,28,32)(H,26,27,29). The van der Waals surface area contributed by atoms with Gasteiger partial charge in [-0.1, -0.05) is 25.1 Å². The molecule has 5 rings (SSSR count). The molecule has 1 aromatic heterocycles. The van der Waals surface area contributed by atoms with Crippen LogP contribution in [0.4, 0.5) is 17.3 Å². The van der Waals surface area contributed by atoms with E-state index in [-0.39, 0.29) is 18.2 Å². The van der Waals surface area contributed by atoms with Crippen molar-refractivity contribution in [2.24, 2.45) is 0 Å². The molecule has 33 heavy (non-hydrogen) atoms. The molecule has 2 amide bonds. The number of piperazine rings is 1. The average Bonchev–Trinajstić information content (AvgIpc) is 2.99. The first-order chi connectivity index (χ1) is 16.1. The number of hydrogen-bond donors (Lipinski definition) is 2. The molecule has 0 radical (unpaired) electrons. The number of rotatable bonds is 4. The van der Waals surface area contributed by atoms with E-state index < -0.39 is 0 Å². The summed E-state index contributed by atoms with van der Waals surface area (Å²) in [6, 6.07) is 15.0. The number of likely N-dealkylation sites (N-methyl/N-ethyl adjacent to an activating group) is 1. The monoisotopic (exact) mass is 442 g/mol. The van der Waals surface area contributed by atoms with Gasteiger partial charge in [0.15, 0.2) is 0 Å². The lowest BCUT2D eigenvalue weighted by Gasteiger charge is -2.34. The fraction of sp³-hybridized carbons (Fsp3) is 0.280. The van der Waals surface area contributed by atoms with Crippen molar-refractivity contribution in [3.8, 4) is 11.3 Å². The van der Waals surface area contributed by atoms with Gasteiger partial charge in [0.1, 0.15) is 0 Å². The van der Waals surface area contributed by atoms with E-state index >= 15 is 0 Å². The normalized spacial score (nSPS) is 15.8. The zero-order valence-corrected chi connectivity index (χ0v) is 18.5. The lowest BCUT2D eigenvalue weighted by atomic mass is 10.1. The molecule has 8 heteroatoms. The molecule has 2 aromatic carbocycles. The summed E-state index contributed by atoms with van der Waals surface area (Å²) in [6.45, 7) is 6.52. The van der Waals surface area contributed by atoms with E-state index in [2.05, 4.69) is 27.4 Å². The molecule has 1 saturated heterocycles. The highest BCUT2D eigenvalue weighted by molar-refractivity contribution is 6.00. The van der Waals surface area contributed by atoms with E-state index in [4.69, 9.17) is 4.98 Å². The van der Waals surface area contributed by atoms with Crippen LogP contribution in [0, 0.1) is 0 Å². The molecule has 168 valence electrons. The van der Waals surface area contributed by atoms with E-state index in [9.17, 15) is 9.59 Å². The molecule has 0 aliphatic carbocycles. The van der Waals surface area contributed by atoms with Crippen LogP contribution in [0.3, 0.4) is 0 Å². The molecule has 0 bridgehead atoms. The van der Waals surface area contributed by atoms with Gasteiger partial charge in [-0.15, -0.1) is 0 Å². The van der Waals surface area contributed by atoms with Gasteiger partial charge in [-0.25, -0.2) is 9.97 Å². The van der Waals surface area contributed by atoms with Gasteiger partial charge in [0.05, 0.1) is 17.8 Å². The maximum Gasteiger partial charge on any atom is 0.253 e. The molecule has 2 aliphatic heterocycles. The molecule has 3 heterocycles. The fourth-order valence-electron chi connectivity index (χ4n) is 4.27. The van der Waals surface area contributed by atoms with Crippen molar-refractivity contribution in [2.75, 3.05) is 43.4 Å². The Bertz CT molecular complexity index is 1190. The van der Waals surface area contributed by atoms with Gasteiger partial charge < -0.3 is 20.4 Å². The van der Waals surface area contributed by atoms with Crippen molar-refractivity contribution in [1.82, 2.24) is 19.8 Å². The van der Waals surface area contributed by atoms with Crippen LogP contribution in [0.15, 0.2) is 54.7 Å². The number of carbonyl (C=O) groups is 2. The van der Waals surface area contributed by atoms with E-state index in [1.165, 1.54) is 0 Å². The van der Waals surface area contributed by atoms with Crippen LogP contribution in [0.1, 0.15) is 22.8 Å². The second-order valence-corrected chi connectivity index (χ2v) is 8.27. The van der Waals surface area contributed by atoms with Crippen LogP contribution in [-0.2, 0) is 11.2 Å². The number of anilines is 3. The van der Waals surface area contributed by atoms with Crippen LogP contribution in [0.2, 0.25) is 0 Å². The van der Waals surface area contributed by atoms with Crippen molar-refractivity contribution in [1.29, 1.82) is 0 Å². The molecular weight excluding hydrogens is 416 g/mol. The van der Waals surface area contributed by atoms with Gasteiger partial charge >= 0.3 is 0 Å². The quantitative estimate of drug-likeness (QED) is 0.645. The maximum atomic E-state index is 12.8. The summed E-state index contributed by atoms with van der Waals surface area (Å²) in [4.78, 5) is 38.4.